The molecule has 0 rings (SSSR count). The zero-order chi connectivity index (χ0) is 13.6. The molecule has 17 heavy (non-hydrogen) atoms. The molecule has 0 aromatic rings. The van der Waals surface area contributed by atoms with Gasteiger partial charge in [-0.25, -0.2) is 0 Å². The molecule has 0 heterocycles. The fourth-order valence-corrected chi connectivity index (χ4v) is 1.00. The van der Waals surface area contributed by atoms with Crippen LogP contribution in [0, 0.1) is 5.41 Å². The van der Waals surface area contributed by atoms with E-state index in [0.717, 1.165) is 0 Å². The van der Waals surface area contributed by atoms with Crippen molar-refractivity contribution in [3.63, 3.8) is 0 Å². The van der Waals surface area contributed by atoms with E-state index in [0.29, 0.717) is 0 Å². The van der Waals surface area contributed by atoms with Crippen LogP contribution in [0.3, 0.4) is 0 Å². The van der Waals surface area contributed by atoms with Crippen LogP contribution in [0.1, 0.15) is 27.7 Å². The second kappa shape index (κ2) is 6.22. The van der Waals surface area contributed by atoms with E-state index < -0.39 is 17.4 Å². The molecular weight excluding hydrogens is 222 g/mol. The van der Waals surface area contributed by atoms with Crippen LogP contribution in [-0.2, 0) is 14.4 Å². The van der Waals surface area contributed by atoms with Crippen molar-refractivity contribution in [2.45, 2.75) is 33.7 Å². The van der Waals surface area contributed by atoms with Gasteiger partial charge in [-0.05, 0) is 6.92 Å². The van der Waals surface area contributed by atoms with Gasteiger partial charge in [-0.3, -0.25) is 14.4 Å². The summed E-state index contributed by atoms with van der Waals surface area (Å²) in [4.78, 5) is 34.0. The van der Waals surface area contributed by atoms with Gasteiger partial charge in [-0.1, -0.05) is 20.8 Å². The fourth-order valence-electron chi connectivity index (χ4n) is 1.00. The van der Waals surface area contributed by atoms with Crippen molar-refractivity contribution in [3.05, 3.63) is 0 Å². The van der Waals surface area contributed by atoms with E-state index in [-0.39, 0.29) is 18.4 Å². The molecule has 6 nitrogen and oxygen atoms in total. The molecule has 0 aliphatic rings. The monoisotopic (exact) mass is 243 g/mol. The summed E-state index contributed by atoms with van der Waals surface area (Å²) in [7, 11) is 1.49. The predicted molar refractivity (Wildman–Crippen MR) is 64.1 cm³/mol. The van der Waals surface area contributed by atoms with Crippen LogP contribution in [-0.4, -0.2) is 37.4 Å². The lowest BCUT2D eigenvalue weighted by atomic mass is 9.96. The average Bonchev–Trinajstić information content (AvgIpc) is 2.23. The Balaban J connectivity index is 4.05. The molecule has 0 saturated carbocycles. The Hall–Kier alpha value is -1.59. The number of hydrogen-bond donors (Lipinski definition) is 3. The summed E-state index contributed by atoms with van der Waals surface area (Å²) < 4.78 is 0. The van der Waals surface area contributed by atoms with E-state index in [9.17, 15) is 14.4 Å². The van der Waals surface area contributed by atoms with Gasteiger partial charge < -0.3 is 16.0 Å². The lowest BCUT2D eigenvalue weighted by Crippen LogP contribution is -2.48. The highest BCUT2D eigenvalue weighted by molar-refractivity contribution is 5.90. The number of amides is 3. The van der Waals surface area contributed by atoms with Crippen molar-refractivity contribution in [3.8, 4) is 0 Å². The van der Waals surface area contributed by atoms with E-state index in [1.54, 1.807) is 27.7 Å². The average molecular weight is 243 g/mol. The van der Waals surface area contributed by atoms with E-state index in [1.165, 1.54) is 7.05 Å². The van der Waals surface area contributed by atoms with Crippen LogP contribution in [0.15, 0.2) is 0 Å². The van der Waals surface area contributed by atoms with Gasteiger partial charge in [0.25, 0.3) is 0 Å². The minimum absolute atomic E-state index is 0.128. The molecule has 3 N–H and O–H groups in total. The highest BCUT2D eigenvalue weighted by Crippen LogP contribution is 2.11. The third kappa shape index (κ3) is 5.89. The van der Waals surface area contributed by atoms with Crippen molar-refractivity contribution >= 4 is 17.7 Å². The minimum Gasteiger partial charge on any atom is -0.357 e. The molecule has 1 unspecified atom stereocenters. The molecule has 0 aliphatic heterocycles. The Morgan fingerprint density at radius 2 is 1.71 bits per heavy atom. The molecular formula is C11H21N3O3. The van der Waals surface area contributed by atoms with E-state index >= 15 is 0 Å². The summed E-state index contributed by atoms with van der Waals surface area (Å²) in [6.07, 6.45) is 0. The van der Waals surface area contributed by atoms with E-state index in [1.807, 2.05) is 0 Å². The first-order valence-electron chi connectivity index (χ1n) is 5.47. The van der Waals surface area contributed by atoms with Crippen molar-refractivity contribution < 1.29 is 14.4 Å². The number of carbonyl (C=O) groups is 3. The number of likely N-dealkylation sites (N-methyl/N-ethyl adjacent to an activating group) is 1. The zero-order valence-corrected chi connectivity index (χ0v) is 11.0. The number of rotatable bonds is 4. The van der Waals surface area contributed by atoms with Crippen LogP contribution in [0.4, 0.5) is 0 Å². The Morgan fingerprint density at radius 1 is 1.18 bits per heavy atom. The lowest BCUT2D eigenvalue weighted by molar-refractivity contribution is -0.132. The number of carbonyl (C=O) groups excluding carboxylic acids is 3. The first-order chi connectivity index (χ1) is 7.68. The highest BCUT2D eigenvalue weighted by Gasteiger charge is 2.22. The SMILES string of the molecule is CNC(=O)C(C)NC(=O)CNC(=O)C(C)(C)C. The summed E-state index contributed by atoms with van der Waals surface area (Å²) in [6.45, 7) is 6.72. The quantitative estimate of drug-likeness (QED) is 0.616. The molecule has 0 aliphatic carbocycles. The molecule has 6 heteroatoms. The predicted octanol–water partition coefficient (Wildman–Crippen LogP) is -0.601. The van der Waals surface area contributed by atoms with Crippen molar-refractivity contribution in [1.29, 1.82) is 0 Å². The van der Waals surface area contributed by atoms with Crippen LogP contribution in [0.5, 0.6) is 0 Å². The molecule has 0 radical (unpaired) electrons. The Bertz CT molecular complexity index is 308. The lowest BCUT2D eigenvalue weighted by Gasteiger charge is -2.18. The van der Waals surface area contributed by atoms with Crippen LogP contribution in [0.25, 0.3) is 0 Å². The molecule has 3 amide bonds. The van der Waals surface area contributed by atoms with Crippen LogP contribution < -0.4 is 16.0 Å². The third-order valence-electron chi connectivity index (χ3n) is 2.11. The fraction of sp³-hybridized carbons (Fsp3) is 0.727. The summed E-state index contributed by atoms with van der Waals surface area (Å²) in [5.74, 6) is -0.876. The van der Waals surface area contributed by atoms with Crippen molar-refractivity contribution in [1.82, 2.24) is 16.0 Å². The molecule has 0 fully saturated rings. The molecule has 0 spiro atoms. The first-order valence-corrected chi connectivity index (χ1v) is 5.47. The second-order valence-corrected chi connectivity index (χ2v) is 4.84. The summed E-state index contributed by atoms with van der Waals surface area (Å²) in [5, 5.41) is 7.39. The maximum Gasteiger partial charge on any atom is 0.242 e. The number of nitrogens with one attached hydrogen (secondary N) is 3. The van der Waals surface area contributed by atoms with Gasteiger partial charge in [0.1, 0.15) is 6.04 Å². The van der Waals surface area contributed by atoms with Gasteiger partial charge in [-0.2, -0.15) is 0 Å². The van der Waals surface area contributed by atoms with Gasteiger partial charge >= 0.3 is 0 Å². The largest absolute Gasteiger partial charge is 0.357 e. The van der Waals surface area contributed by atoms with Gasteiger partial charge in [0.05, 0.1) is 6.54 Å². The highest BCUT2D eigenvalue weighted by atomic mass is 16.2. The Labute approximate surface area is 102 Å². The van der Waals surface area contributed by atoms with Crippen LogP contribution >= 0.6 is 0 Å². The topological polar surface area (TPSA) is 87.3 Å². The van der Waals surface area contributed by atoms with Crippen molar-refractivity contribution in [2.75, 3.05) is 13.6 Å². The van der Waals surface area contributed by atoms with Gasteiger partial charge in [-0.15, -0.1) is 0 Å². The number of hydrogen-bond acceptors (Lipinski definition) is 3. The molecule has 0 aromatic heterocycles. The van der Waals surface area contributed by atoms with Crippen molar-refractivity contribution in [2.24, 2.45) is 5.41 Å². The summed E-state index contributed by atoms with van der Waals surface area (Å²) in [5.41, 5.74) is -0.535. The maximum atomic E-state index is 11.5. The second-order valence-electron chi connectivity index (χ2n) is 4.84. The molecule has 0 bridgehead atoms. The molecule has 1 atom stereocenters. The minimum atomic E-state index is -0.612. The van der Waals surface area contributed by atoms with Gasteiger partial charge in [0, 0.05) is 12.5 Å². The smallest absolute Gasteiger partial charge is 0.242 e. The van der Waals surface area contributed by atoms with Gasteiger partial charge in [0.2, 0.25) is 17.7 Å². The van der Waals surface area contributed by atoms with Crippen LogP contribution in [0.2, 0.25) is 0 Å². The Morgan fingerprint density at radius 3 is 2.12 bits per heavy atom. The zero-order valence-electron chi connectivity index (χ0n) is 11.0. The molecule has 98 valence electrons. The maximum absolute atomic E-state index is 11.5. The third-order valence-corrected chi connectivity index (χ3v) is 2.11. The summed E-state index contributed by atoms with van der Waals surface area (Å²) in [6, 6.07) is -0.612. The molecule has 0 saturated heterocycles. The Kier molecular flexibility index (Phi) is 5.64. The normalized spacial score (nSPS) is 12.5. The first kappa shape index (κ1) is 15.4. The summed E-state index contributed by atoms with van der Waals surface area (Å²) >= 11 is 0. The van der Waals surface area contributed by atoms with E-state index in [4.69, 9.17) is 0 Å². The van der Waals surface area contributed by atoms with Gasteiger partial charge in [0.15, 0.2) is 0 Å². The molecule has 0 aromatic carbocycles. The van der Waals surface area contributed by atoms with E-state index in [2.05, 4.69) is 16.0 Å². The standard InChI is InChI=1S/C11H21N3O3/c1-7(9(16)12-5)14-8(15)6-13-10(17)11(2,3)4/h7H,6H2,1-5H3,(H,12,16)(H,13,17)(H,14,15).